The summed E-state index contributed by atoms with van der Waals surface area (Å²) in [6, 6.07) is 3.67. The number of H-pyrrole nitrogens is 2. The average molecular weight is 247 g/mol. The number of nitrogens with one attached hydrogen (secondary N) is 2. The summed E-state index contributed by atoms with van der Waals surface area (Å²) in [5.41, 5.74) is 2.19. The maximum atomic E-state index is 11.6. The van der Waals surface area contributed by atoms with E-state index in [1.165, 1.54) is 6.33 Å². The number of hydrogen-bond donors (Lipinski definition) is 2. The molecular formula is C11H7ClN4O. The molecule has 0 aliphatic rings. The van der Waals surface area contributed by atoms with Crippen molar-refractivity contribution in [2.75, 3.05) is 0 Å². The molecule has 0 aliphatic heterocycles. The van der Waals surface area contributed by atoms with E-state index in [4.69, 9.17) is 11.6 Å². The molecule has 0 aromatic carbocycles. The molecule has 0 atom stereocenters. The zero-order valence-corrected chi connectivity index (χ0v) is 9.32. The summed E-state index contributed by atoms with van der Waals surface area (Å²) in [6.07, 6.45) is 4.71. The summed E-state index contributed by atoms with van der Waals surface area (Å²) in [5, 5.41) is 0.386. The van der Waals surface area contributed by atoms with Gasteiger partial charge in [0.05, 0.1) is 6.33 Å². The van der Waals surface area contributed by atoms with Crippen LogP contribution in [0.4, 0.5) is 0 Å². The van der Waals surface area contributed by atoms with E-state index >= 15 is 0 Å². The average Bonchev–Trinajstić information content (AvgIpc) is 2.68. The largest absolute Gasteiger partial charge is 0.339 e. The van der Waals surface area contributed by atoms with Crippen molar-refractivity contribution in [3.63, 3.8) is 0 Å². The van der Waals surface area contributed by atoms with Gasteiger partial charge >= 0.3 is 0 Å². The minimum Gasteiger partial charge on any atom is -0.339 e. The van der Waals surface area contributed by atoms with Crippen LogP contribution in [-0.2, 0) is 0 Å². The van der Waals surface area contributed by atoms with Crippen molar-refractivity contribution >= 4 is 22.6 Å². The summed E-state index contributed by atoms with van der Waals surface area (Å²) >= 11 is 6.10. The van der Waals surface area contributed by atoms with Crippen LogP contribution in [0.1, 0.15) is 0 Å². The van der Waals surface area contributed by atoms with Gasteiger partial charge in [0.25, 0.3) is 5.56 Å². The zero-order valence-electron chi connectivity index (χ0n) is 8.57. The van der Waals surface area contributed by atoms with Gasteiger partial charge in [-0.1, -0.05) is 17.7 Å². The molecule has 0 amide bonds. The Morgan fingerprint density at radius 3 is 3.00 bits per heavy atom. The Balaban J connectivity index is 2.41. The van der Waals surface area contributed by atoms with Crippen molar-refractivity contribution < 1.29 is 0 Å². The molecule has 5 nitrogen and oxygen atoms in total. The van der Waals surface area contributed by atoms with E-state index in [-0.39, 0.29) is 5.56 Å². The number of aromatic nitrogens is 4. The summed E-state index contributed by atoms with van der Waals surface area (Å²) in [5.74, 6) is 0. The molecule has 3 rings (SSSR count). The van der Waals surface area contributed by atoms with Gasteiger partial charge in [-0.05, 0) is 6.07 Å². The van der Waals surface area contributed by atoms with E-state index in [2.05, 4.69) is 19.9 Å². The third kappa shape index (κ3) is 1.52. The minimum absolute atomic E-state index is 0.243. The van der Waals surface area contributed by atoms with Crippen LogP contribution in [0, 0.1) is 0 Å². The Kier molecular flexibility index (Phi) is 2.19. The van der Waals surface area contributed by atoms with Crippen LogP contribution >= 0.6 is 11.6 Å². The molecule has 0 saturated heterocycles. The first-order valence-electron chi connectivity index (χ1n) is 4.92. The van der Waals surface area contributed by atoms with Gasteiger partial charge < -0.3 is 9.97 Å². The molecule has 3 aromatic rings. The Labute approximate surface area is 101 Å². The SMILES string of the molecule is O=c1[nH]cnc2c(-c3cccnc3)c(Cl)[nH]c12. The summed E-state index contributed by atoms with van der Waals surface area (Å²) in [7, 11) is 0. The monoisotopic (exact) mass is 246 g/mol. The number of nitrogens with zero attached hydrogens (tertiary/aromatic N) is 2. The fraction of sp³-hybridized carbons (Fsp3) is 0. The van der Waals surface area contributed by atoms with Gasteiger partial charge in [0.1, 0.15) is 16.2 Å². The molecule has 0 aliphatic carbocycles. The highest BCUT2D eigenvalue weighted by Gasteiger charge is 2.14. The summed E-state index contributed by atoms with van der Waals surface area (Å²) < 4.78 is 0. The van der Waals surface area contributed by atoms with E-state index in [0.29, 0.717) is 21.7 Å². The van der Waals surface area contributed by atoms with E-state index in [0.717, 1.165) is 5.56 Å². The van der Waals surface area contributed by atoms with Crippen LogP contribution in [-0.4, -0.2) is 19.9 Å². The van der Waals surface area contributed by atoms with E-state index in [1.54, 1.807) is 18.5 Å². The number of hydrogen-bond acceptors (Lipinski definition) is 3. The van der Waals surface area contributed by atoms with Crippen LogP contribution in [0.2, 0.25) is 5.15 Å². The molecule has 2 N–H and O–H groups in total. The molecule has 0 spiro atoms. The van der Waals surface area contributed by atoms with Crippen molar-refractivity contribution in [1.29, 1.82) is 0 Å². The van der Waals surface area contributed by atoms with Gasteiger partial charge in [-0.15, -0.1) is 0 Å². The molecule has 3 aromatic heterocycles. The Bertz CT molecular complexity index is 732. The van der Waals surface area contributed by atoms with Crippen molar-refractivity contribution in [3.05, 3.63) is 46.4 Å². The second kappa shape index (κ2) is 3.71. The first-order chi connectivity index (χ1) is 8.27. The molecule has 0 unspecified atom stereocenters. The maximum Gasteiger partial charge on any atom is 0.275 e. The van der Waals surface area contributed by atoms with Crippen molar-refractivity contribution in [1.82, 2.24) is 19.9 Å². The third-order valence-electron chi connectivity index (χ3n) is 2.49. The molecule has 84 valence electrons. The van der Waals surface area contributed by atoms with Gasteiger partial charge in [0, 0.05) is 23.5 Å². The highest BCUT2D eigenvalue weighted by Crippen LogP contribution is 2.32. The van der Waals surface area contributed by atoms with Gasteiger partial charge in [0.15, 0.2) is 0 Å². The van der Waals surface area contributed by atoms with E-state index in [1.807, 2.05) is 6.07 Å². The van der Waals surface area contributed by atoms with Gasteiger partial charge in [-0.2, -0.15) is 0 Å². The second-order valence-electron chi connectivity index (χ2n) is 3.51. The summed E-state index contributed by atoms with van der Waals surface area (Å²) in [6.45, 7) is 0. The molecule has 6 heteroatoms. The van der Waals surface area contributed by atoms with Crippen LogP contribution in [0.15, 0.2) is 35.6 Å². The molecular weight excluding hydrogens is 240 g/mol. The second-order valence-corrected chi connectivity index (χ2v) is 3.89. The first-order valence-corrected chi connectivity index (χ1v) is 5.30. The number of aromatic amines is 2. The van der Waals surface area contributed by atoms with Crippen LogP contribution < -0.4 is 5.56 Å². The lowest BCUT2D eigenvalue weighted by atomic mass is 10.1. The van der Waals surface area contributed by atoms with E-state index < -0.39 is 0 Å². The summed E-state index contributed by atoms with van der Waals surface area (Å²) in [4.78, 5) is 25.1. The van der Waals surface area contributed by atoms with Crippen LogP contribution in [0.5, 0.6) is 0 Å². The van der Waals surface area contributed by atoms with Crippen LogP contribution in [0.3, 0.4) is 0 Å². The molecule has 0 radical (unpaired) electrons. The Hall–Kier alpha value is -2.14. The standard InChI is InChI=1S/C11H7ClN4O/c12-10-7(6-2-1-3-13-4-6)8-9(16-10)11(17)15-5-14-8/h1-5,16H,(H,14,15,17). The van der Waals surface area contributed by atoms with Crippen molar-refractivity contribution in [2.24, 2.45) is 0 Å². The van der Waals surface area contributed by atoms with Gasteiger partial charge in [0.2, 0.25) is 0 Å². The first kappa shape index (κ1) is 10.0. The van der Waals surface area contributed by atoms with Crippen molar-refractivity contribution in [3.8, 4) is 11.1 Å². The molecule has 17 heavy (non-hydrogen) atoms. The third-order valence-corrected chi connectivity index (χ3v) is 2.78. The number of halogens is 1. The smallest absolute Gasteiger partial charge is 0.275 e. The normalized spacial score (nSPS) is 10.9. The lowest BCUT2D eigenvalue weighted by Crippen LogP contribution is -2.05. The highest BCUT2D eigenvalue weighted by atomic mass is 35.5. The van der Waals surface area contributed by atoms with Gasteiger partial charge in [-0.3, -0.25) is 9.78 Å². The Morgan fingerprint density at radius 1 is 1.35 bits per heavy atom. The predicted octanol–water partition coefficient (Wildman–Crippen LogP) is 1.97. The molecule has 3 heterocycles. The van der Waals surface area contributed by atoms with Crippen molar-refractivity contribution in [2.45, 2.75) is 0 Å². The number of pyridine rings is 1. The van der Waals surface area contributed by atoms with Gasteiger partial charge in [-0.25, -0.2) is 4.98 Å². The zero-order chi connectivity index (χ0) is 11.8. The maximum absolute atomic E-state index is 11.6. The highest BCUT2D eigenvalue weighted by molar-refractivity contribution is 6.34. The number of rotatable bonds is 1. The fourth-order valence-corrected chi connectivity index (χ4v) is 2.05. The number of fused-ring (bicyclic) bond motifs is 1. The molecule has 0 saturated carbocycles. The lowest BCUT2D eigenvalue weighted by molar-refractivity contribution is 1.16. The Morgan fingerprint density at radius 2 is 2.24 bits per heavy atom. The minimum atomic E-state index is -0.243. The molecule has 0 fully saturated rings. The lowest BCUT2D eigenvalue weighted by Gasteiger charge is -1.98. The topological polar surface area (TPSA) is 74.4 Å². The fourth-order valence-electron chi connectivity index (χ4n) is 1.76. The quantitative estimate of drug-likeness (QED) is 0.689. The molecule has 0 bridgehead atoms. The van der Waals surface area contributed by atoms with Crippen LogP contribution in [0.25, 0.3) is 22.2 Å². The van der Waals surface area contributed by atoms with E-state index in [9.17, 15) is 4.79 Å². The predicted molar refractivity (Wildman–Crippen MR) is 65.0 cm³/mol.